The van der Waals surface area contributed by atoms with Gasteiger partial charge in [0.1, 0.15) is 12.4 Å². The van der Waals surface area contributed by atoms with Crippen LogP contribution in [0.2, 0.25) is 0 Å². The van der Waals surface area contributed by atoms with Gasteiger partial charge in [0.2, 0.25) is 5.90 Å². The van der Waals surface area contributed by atoms with Gasteiger partial charge in [-0.05, 0) is 42.0 Å². The van der Waals surface area contributed by atoms with Crippen LogP contribution in [0.1, 0.15) is 24.0 Å². The molecule has 0 saturated heterocycles. The number of ether oxygens (including phenoxy) is 2. The maximum absolute atomic E-state index is 13.1. The molecule has 7 heteroatoms. The average molecular weight is 438 g/mol. The first-order valence-electron chi connectivity index (χ1n) is 10.7. The van der Waals surface area contributed by atoms with Crippen molar-refractivity contribution in [1.29, 1.82) is 0 Å². The van der Waals surface area contributed by atoms with Crippen LogP contribution < -0.4 is 15.0 Å². The fourth-order valence-electron chi connectivity index (χ4n) is 3.35. The van der Waals surface area contributed by atoms with Gasteiger partial charge in [0, 0.05) is 51.3 Å². The standard InChI is InChI=1S/C25H31N3O4/c1-4-14-25(24(30)26-17-19-6-10-21(11-7-19)28(2)3)18-32-23(27-25)20-8-12-22(13-9-20)31-16-5-15-29/h4,6-13,29H,1,5,14-18H2,2-3H3,(H,26,30)/t25-/m1/s1. The summed E-state index contributed by atoms with van der Waals surface area (Å²) in [6, 6.07) is 15.4. The minimum Gasteiger partial charge on any atom is -0.494 e. The van der Waals surface area contributed by atoms with Gasteiger partial charge in [-0.2, -0.15) is 0 Å². The van der Waals surface area contributed by atoms with Gasteiger partial charge in [0.25, 0.3) is 5.91 Å². The molecule has 0 fully saturated rings. The summed E-state index contributed by atoms with van der Waals surface area (Å²) in [6.07, 6.45) is 2.65. The summed E-state index contributed by atoms with van der Waals surface area (Å²) in [5.41, 5.74) is 1.86. The summed E-state index contributed by atoms with van der Waals surface area (Å²) in [5, 5.41) is 11.8. The molecule has 0 unspecified atom stereocenters. The van der Waals surface area contributed by atoms with Crippen LogP contribution in [0.5, 0.6) is 5.75 Å². The Balaban J connectivity index is 1.67. The van der Waals surface area contributed by atoms with Gasteiger partial charge in [-0.3, -0.25) is 4.79 Å². The van der Waals surface area contributed by atoms with Crippen molar-refractivity contribution in [2.75, 3.05) is 38.8 Å². The monoisotopic (exact) mass is 437 g/mol. The Morgan fingerprint density at radius 1 is 1.25 bits per heavy atom. The maximum atomic E-state index is 13.1. The zero-order valence-corrected chi connectivity index (χ0v) is 18.7. The van der Waals surface area contributed by atoms with Crippen LogP contribution in [-0.2, 0) is 16.1 Å². The predicted molar refractivity (Wildman–Crippen MR) is 126 cm³/mol. The number of carbonyl (C=O) groups excluding carboxylic acids is 1. The molecule has 0 radical (unpaired) electrons. The van der Waals surface area contributed by atoms with E-state index in [2.05, 4.69) is 16.9 Å². The van der Waals surface area contributed by atoms with Gasteiger partial charge < -0.3 is 24.8 Å². The molecule has 0 bridgehead atoms. The number of rotatable bonds is 11. The van der Waals surface area contributed by atoms with Gasteiger partial charge >= 0.3 is 0 Å². The smallest absolute Gasteiger partial charge is 0.252 e. The Morgan fingerprint density at radius 3 is 2.59 bits per heavy atom. The number of amides is 1. The Bertz CT molecular complexity index is 939. The van der Waals surface area contributed by atoms with Gasteiger partial charge in [0.15, 0.2) is 5.54 Å². The lowest BCUT2D eigenvalue weighted by molar-refractivity contribution is -0.126. The molecule has 1 aliphatic heterocycles. The first-order chi connectivity index (χ1) is 15.5. The first-order valence-corrected chi connectivity index (χ1v) is 10.7. The van der Waals surface area contributed by atoms with E-state index in [9.17, 15) is 4.79 Å². The summed E-state index contributed by atoms with van der Waals surface area (Å²) < 4.78 is 11.4. The van der Waals surface area contributed by atoms with Crippen molar-refractivity contribution < 1.29 is 19.4 Å². The van der Waals surface area contributed by atoms with Gasteiger partial charge in [-0.1, -0.05) is 18.2 Å². The molecule has 2 aromatic carbocycles. The SMILES string of the molecule is C=CC[C@]1(C(=O)NCc2ccc(N(C)C)cc2)COC(c2ccc(OCCCO)cc2)=N1. The topological polar surface area (TPSA) is 83.4 Å². The molecular weight excluding hydrogens is 406 g/mol. The van der Waals surface area contributed by atoms with E-state index in [0.717, 1.165) is 16.8 Å². The largest absolute Gasteiger partial charge is 0.494 e. The van der Waals surface area contributed by atoms with Gasteiger partial charge in [-0.15, -0.1) is 6.58 Å². The predicted octanol–water partition coefficient (Wildman–Crippen LogP) is 2.92. The number of carbonyl (C=O) groups is 1. The minimum atomic E-state index is -1.03. The molecule has 3 rings (SSSR count). The Kier molecular flexibility index (Phi) is 7.89. The number of nitrogens with one attached hydrogen (secondary N) is 1. The third kappa shape index (κ3) is 5.68. The van der Waals surface area contributed by atoms with Crippen molar-refractivity contribution in [2.24, 2.45) is 4.99 Å². The average Bonchev–Trinajstić information content (AvgIpc) is 3.24. The summed E-state index contributed by atoms with van der Waals surface area (Å²) in [6.45, 7) is 4.92. The van der Waals surface area contributed by atoms with Crippen molar-refractivity contribution in [3.05, 3.63) is 72.3 Å². The highest BCUT2D eigenvalue weighted by molar-refractivity contribution is 6.00. The number of benzene rings is 2. The number of anilines is 1. The van der Waals surface area contributed by atoms with Crippen molar-refractivity contribution in [2.45, 2.75) is 24.9 Å². The number of hydrogen-bond donors (Lipinski definition) is 2. The van der Waals surface area contributed by atoms with Crippen LogP contribution in [0.4, 0.5) is 5.69 Å². The molecule has 0 aromatic heterocycles. The quantitative estimate of drug-likeness (QED) is 0.417. The molecule has 0 saturated carbocycles. The third-order valence-corrected chi connectivity index (χ3v) is 5.25. The number of aliphatic hydroxyl groups excluding tert-OH is 1. The van der Waals surface area contributed by atoms with Crippen LogP contribution in [0.3, 0.4) is 0 Å². The number of aliphatic imine (C=N–C) groups is 1. The van der Waals surface area contributed by atoms with Crippen molar-refractivity contribution >= 4 is 17.5 Å². The second-order valence-electron chi connectivity index (χ2n) is 7.92. The first kappa shape index (κ1) is 23.3. The van der Waals surface area contributed by atoms with Crippen molar-refractivity contribution in [1.82, 2.24) is 5.32 Å². The molecule has 0 aliphatic carbocycles. The lowest BCUT2D eigenvalue weighted by Crippen LogP contribution is -2.46. The molecule has 32 heavy (non-hydrogen) atoms. The fraction of sp³-hybridized carbons (Fsp3) is 0.360. The number of aliphatic hydroxyl groups is 1. The Labute approximate surface area is 189 Å². The lowest BCUT2D eigenvalue weighted by Gasteiger charge is -2.21. The Hall–Kier alpha value is -3.32. The van der Waals surface area contributed by atoms with E-state index >= 15 is 0 Å². The van der Waals surface area contributed by atoms with Crippen LogP contribution in [0.25, 0.3) is 0 Å². The van der Waals surface area contributed by atoms with Crippen LogP contribution in [0, 0.1) is 0 Å². The van der Waals surface area contributed by atoms with Gasteiger partial charge in [-0.25, -0.2) is 4.99 Å². The van der Waals surface area contributed by atoms with E-state index < -0.39 is 5.54 Å². The normalized spacial score (nSPS) is 17.3. The minimum absolute atomic E-state index is 0.0948. The molecule has 2 N–H and O–H groups in total. The van der Waals surface area contributed by atoms with Crippen LogP contribution in [-0.4, -0.2) is 56.4 Å². The lowest BCUT2D eigenvalue weighted by atomic mass is 9.96. The zero-order chi connectivity index (χ0) is 23.0. The Morgan fingerprint density at radius 2 is 1.97 bits per heavy atom. The third-order valence-electron chi connectivity index (χ3n) is 5.25. The highest BCUT2D eigenvalue weighted by atomic mass is 16.5. The zero-order valence-electron chi connectivity index (χ0n) is 18.7. The molecule has 170 valence electrons. The molecular formula is C25H31N3O4. The highest BCUT2D eigenvalue weighted by Crippen LogP contribution is 2.27. The van der Waals surface area contributed by atoms with E-state index in [1.54, 1.807) is 6.08 Å². The summed E-state index contributed by atoms with van der Waals surface area (Å²) >= 11 is 0. The van der Waals surface area contributed by atoms with E-state index in [0.29, 0.717) is 37.6 Å². The maximum Gasteiger partial charge on any atom is 0.252 e. The van der Waals surface area contributed by atoms with E-state index in [4.69, 9.17) is 14.6 Å². The molecule has 1 aliphatic rings. The molecule has 1 heterocycles. The molecule has 2 aromatic rings. The second-order valence-corrected chi connectivity index (χ2v) is 7.92. The molecule has 1 amide bonds. The number of hydrogen-bond acceptors (Lipinski definition) is 6. The summed E-state index contributed by atoms with van der Waals surface area (Å²) in [5.74, 6) is 0.948. The highest BCUT2D eigenvalue weighted by Gasteiger charge is 2.43. The number of nitrogens with zero attached hydrogens (tertiary/aromatic N) is 2. The molecule has 0 spiro atoms. The summed E-state index contributed by atoms with van der Waals surface area (Å²) in [7, 11) is 3.98. The van der Waals surface area contributed by atoms with E-state index in [1.165, 1.54) is 0 Å². The van der Waals surface area contributed by atoms with Crippen molar-refractivity contribution in [3.63, 3.8) is 0 Å². The molecule has 7 nitrogen and oxygen atoms in total. The van der Waals surface area contributed by atoms with E-state index in [1.807, 2.05) is 67.5 Å². The van der Waals surface area contributed by atoms with E-state index in [-0.39, 0.29) is 19.1 Å². The van der Waals surface area contributed by atoms with Crippen LogP contribution >= 0.6 is 0 Å². The summed E-state index contributed by atoms with van der Waals surface area (Å²) in [4.78, 5) is 19.8. The second kappa shape index (κ2) is 10.8. The van der Waals surface area contributed by atoms with Crippen molar-refractivity contribution in [3.8, 4) is 5.75 Å². The molecule has 1 atom stereocenters. The van der Waals surface area contributed by atoms with Gasteiger partial charge in [0.05, 0.1) is 6.61 Å². The van der Waals surface area contributed by atoms with Crippen LogP contribution in [0.15, 0.2) is 66.2 Å². The fourth-order valence-corrected chi connectivity index (χ4v) is 3.35.